The van der Waals surface area contributed by atoms with Crippen LogP contribution in [-0.4, -0.2) is 24.1 Å². The van der Waals surface area contributed by atoms with Gasteiger partial charge in [-0.15, -0.1) is 0 Å². The molecule has 2 aromatic carbocycles. The molecule has 0 atom stereocenters. The maximum atomic E-state index is 12.8. The van der Waals surface area contributed by atoms with E-state index in [1.807, 2.05) is 37.3 Å². The summed E-state index contributed by atoms with van der Waals surface area (Å²) in [6, 6.07) is 16.3. The molecule has 3 aromatic rings. The van der Waals surface area contributed by atoms with Gasteiger partial charge in [0.05, 0.1) is 11.2 Å². The van der Waals surface area contributed by atoms with Crippen molar-refractivity contribution in [2.75, 3.05) is 23.3 Å². The van der Waals surface area contributed by atoms with E-state index >= 15 is 0 Å². The number of nitrogens with one attached hydrogen (secondary N) is 2. The number of nitrogens with zero attached hydrogens (tertiary/aromatic N) is 2. The normalized spacial score (nSPS) is 15.0. The van der Waals surface area contributed by atoms with Gasteiger partial charge in [0.2, 0.25) is 0 Å². The molecule has 0 unspecified atom stereocenters. The fourth-order valence-corrected chi connectivity index (χ4v) is 4.41. The van der Waals surface area contributed by atoms with Gasteiger partial charge in [0, 0.05) is 36.4 Å². The smallest absolute Gasteiger partial charge is 0.319 e. The number of carbonyl (C=O) groups excluding carboxylic acids is 1. The monoisotopic (exact) mass is 444 g/mol. The highest BCUT2D eigenvalue weighted by atomic mass is 16.2. The molecule has 2 heterocycles. The van der Waals surface area contributed by atoms with Gasteiger partial charge in [0.1, 0.15) is 0 Å². The summed E-state index contributed by atoms with van der Waals surface area (Å²) in [5, 5.41) is 7.08. The minimum atomic E-state index is -0.219. The number of anilines is 2. The zero-order valence-corrected chi connectivity index (χ0v) is 20.5. The van der Waals surface area contributed by atoms with Gasteiger partial charge in [-0.1, -0.05) is 58.0 Å². The maximum Gasteiger partial charge on any atom is 0.319 e. The number of amides is 2. The molecule has 4 rings (SSSR count). The second-order valence-electron chi connectivity index (χ2n) is 10.4. The van der Waals surface area contributed by atoms with Crippen molar-refractivity contribution in [2.45, 2.75) is 59.4 Å². The van der Waals surface area contributed by atoms with Crippen molar-refractivity contribution in [3.8, 4) is 0 Å². The lowest BCUT2D eigenvalue weighted by molar-refractivity contribution is 0.252. The average molecular weight is 445 g/mol. The molecule has 2 amide bonds. The highest BCUT2D eigenvalue weighted by Crippen LogP contribution is 2.32. The van der Waals surface area contributed by atoms with Crippen molar-refractivity contribution in [1.82, 2.24) is 10.3 Å². The van der Waals surface area contributed by atoms with E-state index in [2.05, 4.69) is 66.4 Å². The van der Waals surface area contributed by atoms with Crippen LogP contribution >= 0.6 is 0 Å². The summed E-state index contributed by atoms with van der Waals surface area (Å²) in [6.45, 7) is 13.6. The zero-order valence-electron chi connectivity index (χ0n) is 20.5. The van der Waals surface area contributed by atoms with Crippen LogP contribution in [0.5, 0.6) is 0 Å². The molecular formula is C28H36N4O. The molecule has 5 heteroatoms. The Morgan fingerprint density at radius 3 is 2.58 bits per heavy atom. The molecule has 1 aliphatic heterocycles. The SMILES string of the molecule is Cc1ccc2cccc(NC(=O)NCc3ccc(C(C)(C)C)cc3N3CCC(C)CC3)c2n1. The van der Waals surface area contributed by atoms with Crippen LogP contribution in [0.3, 0.4) is 0 Å². The highest BCUT2D eigenvalue weighted by molar-refractivity contribution is 5.99. The van der Waals surface area contributed by atoms with Crippen LogP contribution in [-0.2, 0) is 12.0 Å². The van der Waals surface area contributed by atoms with E-state index in [4.69, 9.17) is 0 Å². The first-order valence-electron chi connectivity index (χ1n) is 12.0. The molecule has 0 radical (unpaired) electrons. The minimum absolute atomic E-state index is 0.0840. The molecule has 2 N–H and O–H groups in total. The number of para-hydroxylation sites is 1. The van der Waals surface area contributed by atoms with Gasteiger partial charge in [-0.3, -0.25) is 4.98 Å². The maximum absolute atomic E-state index is 12.8. The van der Waals surface area contributed by atoms with E-state index in [0.717, 1.165) is 46.9 Å². The molecule has 174 valence electrons. The molecule has 1 fully saturated rings. The quantitative estimate of drug-likeness (QED) is 0.490. The van der Waals surface area contributed by atoms with E-state index < -0.39 is 0 Å². The Morgan fingerprint density at radius 1 is 1.09 bits per heavy atom. The fraction of sp³-hybridized carbons (Fsp3) is 0.429. The van der Waals surface area contributed by atoms with Gasteiger partial charge >= 0.3 is 6.03 Å². The van der Waals surface area contributed by atoms with Crippen LogP contribution in [0.2, 0.25) is 0 Å². The van der Waals surface area contributed by atoms with E-state index in [1.165, 1.54) is 24.1 Å². The van der Waals surface area contributed by atoms with E-state index in [-0.39, 0.29) is 11.4 Å². The van der Waals surface area contributed by atoms with Crippen LogP contribution in [0, 0.1) is 12.8 Å². The standard InChI is InChI=1S/C28H36N4O/c1-19-13-15-32(16-14-19)25-17-23(28(3,4)5)12-11-22(25)18-29-27(33)31-24-8-6-7-21-10-9-20(2)30-26(21)24/h6-12,17,19H,13-16,18H2,1-5H3,(H2,29,31,33). The van der Waals surface area contributed by atoms with Crippen LogP contribution in [0.25, 0.3) is 10.9 Å². The lowest BCUT2D eigenvalue weighted by Gasteiger charge is -2.34. The summed E-state index contributed by atoms with van der Waals surface area (Å²) in [4.78, 5) is 19.9. The fourth-order valence-electron chi connectivity index (χ4n) is 4.41. The number of hydrogen-bond acceptors (Lipinski definition) is 3. The highest BCUT2D eigenvalue weighted by Gasteiger charge is 2.22. The number of fused-ring (bicyclic) bond motifs is 1. The number of carbonyl (C=O) groups is 1. The summed E-state index contributed by atoms with van der Waals surface area (Å²) in [5.74, 6) is 0.775. The molecule has 0 bridgehead atoms. The number of benzene rings is 2. The number of piperidine rings is 1. The number of aryl methyl sites for hydroxylation is 1. The number of pyridine rings is 1. The molecule has 0 spiro atoms. The number of rotatable bonds is 4. The second-order valence-corrected chi connectivity index (χ2v) is 10.4. The largest absolute Gasteiger partial charge is 0.371 e. The molecule has 1 saturated heterocycles. The summed E-state index contributed by atoms with van der Waals surface area (Å²) >= 11 is 0. The van der Waals surface area contributed by atoms with Gasteiger partial charge in [-0.2, -0.15) is 0 Å². The Hall–Kier alpha value is -3.08. The number of hydrogen-bond donors (Lipinski definition) is 2. The van der Waals surface area contributed by atoms with E-state index in [1.54, 1.807) is 0 Å². The van der Waals surface area contributed by atoms with Crippen molar-refractivity contribution in [2.24, 2.45) is 5.92 Å². The van der Waals surface area contributed by atoms with Gasteiger partial charge in [-0.05, 0) is 60.4 Å². The predicted molar refractivity (Wildman–Crippen MR) is 138 cm³/mol. The van der Waals surface area contributed by atoms with Crippen LogP contribution in [0.15, 0.2) is 48.5 Å². The van der Waals surface area contributed by atoms with E-state index in [9.17, 15) is 4.79 Å². The minimum Gasteiger partial charge on any atom is -0.371 e. The van der Waals surface area contributed by atoms with Gasteiger partial charge in [0.25, 0.3) is 0 Å². The average Bonchev–Trinajstić information content (AvgIpc) is 2.78. The Bertz CT molecular complexity index is 1140. The second kappa shape index (κ2) is 9.42. The lowest BCUT2D eigenvalue weighted by atomic mass is 9.85. The first-order valence-corrected chi connectivity index (χ1v) is 12.0. The Morgan fingerprint density at radius 2 is 1.85 bits per heavy atom. The Balaban J connectivity index is 1.52. The van der Waals surface area contributed by atoms with Crippen molar-refractivity contribution >= 4 is 28.3 Å². The Labute approximate surface area is 197 Å². The lowest BCUT2D eigenvalue weighted by Crippen LogP contribution is -2.35. The predicted octanol–water partition coefficient (Wildman–Crippen LogP) is 6.40. The van der Waals surface area contributed by atoms with Crippen LogP contribution in [0.4, 0.5) is 16.2 Å². The third-order valence-electron chi connectivity index (χ3n) is 6.62. The molecule has 0 aliphatic carbocycles. The third kappa shape index (κ3) is 5.47. The number of aromatic nitrogens is 1. The third-order valence-corrected chi connectivity index (χ3v) is 6.62. The number of urea groups is 1. The van der Waals surface area contributed by atoms with E-state index in [0.29, 0.717) is 6.54 Å². The summed E-state index contributed by atoms with van der Waals surface area (Å²) in [5.41, 5.74) is 6.27. The topological polar surface area (TPSA) is 57.3 Å². The molecule has 1 aromatic heterocycles. The molecule has 1 aliphatic rings. The van der Waals surface area contributed by atoms with Crippen LogP contribution in [0.1, 0.15) is 57.4 Å². The molecular weight excluding hydrogens is 408 g/mol. The molecule has 5 nitrogen and oxygen atoms in total. The first-order chi connectivity index (χ1) is 15.7. The van der Waals surface area contributed by atoms with Gasteiger partial charge < -0.3 is 15.5 Å². The van der Waals surface area contributed by atoms with Crippen molar-refractivity contribution in [3.63, 3.8) is 0 Å². The zero-order chi connectivity index (χ0) is 23.6. The van der Waals surface area contributed by atoms with Crippen LogP contribution < -0.4 is 15.5 Å². The van der Waals surface area contributed by atoms with Gasteiger partial charge in [-0.25, -0.2) is 4.79 Å². The molecule has 33 heavy (non-hydrogen) atoms. The molecule has 0 saturated carbocycles. The summed E-state index contributed by atoms with van der Waals surface area (Å²) in [7, 11) is 0. The first kappa shape index (κ1) is 23.1. The van der Waals surface area contributed by atoms with Crippen molar-refractivity contribution in [1.29, 1.82) is 0 Å². The summed E-state index contributed by atoms with van der Waals surface area (Å²) < 4.78 is 0. The van der Waals surface area contributed by atoms with Crippen molar-refractivity contribution in [3.05, 3.63) is 65.4 Å². The Kier molecular flexibility index (Phi) is 6.59. The van der Waals surface area contributed by atoms with Crippen molar-refractivity contribution < 1.29 is 4.79 Å². The summed E-state index contributed by atoms with van der Waals surface area (Å²) in [6.07, 6.45) is 2.42. The van der Waals surface area contributed by atoms with Gasteiger partial charge in [0.15, 0.2) is 0 Å².